The van der Waals surface area contributed by atoms with Gasteiger partial charge in [-0.1, -0.05) is 11.6 Å². The van der Waals surface area contributed by atoms with Crippen molar-refractivity contribution in [3.05, 3.63) is 11.1 Å². The molecule has 0 unspecified atom stereocenters. The monoisotopic (exact) mass is 216 g/mol. The minimum absolute atomic E-state index is 0.205. The molecule has 1 saturated carbocycles. The van der Waals surface area contributed by atoms with Crippen LogP contribution in [0.1, 0.15) is 19.8 Å². The summed E-state index contributed by atoms with van der Waals surface area (Å²) >= 11 is 5.49. The maximum Gasteiger partial charge on any atom is 0.223 e. The van der Waals surface area contributed by atoms with Gasteiger partial charge in [-0.3, -0.25) is 4.79 Å². The molecule has 2 N–H and O–H groups in total. The van der Waals surface area contributed by atoms with Gasteiger partial charge in [0.25, 0.3) is 0 Å². The highest BCUT2D eigenvalue weighted by atomic mass is 35.5. The van der Waals surface area contributed by atoms with E-state index >= 15 is 0 Å². The quantitative estimate of drug-likeness (QED) is 0.657. The van der Waals surface area contributed by atoms with Crippen molar-refractivity contribution in [1.82, 2.24) is 10.6 Å². The van der Waals surface area contributed by atoms with Gasteiger partial charge < -0.3 is 10.6 Å². The largest absolute Gasteiger partial charge is 0.355 e. The smallest absolute Gasteiger partial charge is 0.223 e. The van der Waals surface area contributed by atoms with Crippen LogP contribution >= 0.6 is 11.6 Å². The van der Waals surface area contributed by atoms with Crippen LogP contribution in [0.15, 0.2) is 11.1 Å². The summed E-state index contributed by atoms with van der Waals surface area (Å²) in [4.78, 5) is 11.2. The number of amides is 1. The molecule has 0 bridgehead atoms. The van der Waals surface area contributed by atoms with Gasteiger partial charge in [0.1, 0.15) is 0 Å². The van der Waals surface area contributed by atoms with Crippen molar-refractivity contribution in [3.8, 4) is 0 Å². The second-order valence-electron chi connectivity index (χ2n) is 3.70. The Labute approximate surface area is 89.9 Å². The summed E-state index contributed by atoms with van der Waals surface area (Å²) in [5, 5.41) is 6.07. The number of nitrogens with one attached hydrogen (secondary N) is 2. The molecule has 0 heterocycles. The van der Waals surface area contributed by atoms with Crippen molar-refractivity contribution < 1.29 is 4.79 Å². The molecule has 0 saturated heterocycles. The van der Waals surface area contributed by atoms with Crippen molar-refractivity contribution in [3.63, 3.8) is 0 Å². The molecule has 4 heteroatoms. The van der Waals surface area contributed by atoms with Gasteiger partial charge in [-0.15, -0.1) is 0 Å². The maximum atomic E-state index is 11.2. The van der Waals surface area contributed by atoms with E-state index in [0.29, 0.717) is 12.5 Å². The first kappa shape index (κ1) is 11.5. The van der Waals surface area contributed by atoms with Crippen LogP contribution in [0, 0.1) is 5.92 Å². The van der Waals surface area contributed by atoms with Gasteiger partial charge in [-0.25, -0.2) is 0 Å². The summed E-state index contributed by atoms with van der Waals surface area (Å²) in [6.07, 6.45) is 2.13. The molecule has 3 nitrogen and oxygen atoms in total. The van der Waals surface area contributed by atoms with Gasteiger partial charge in [-0.05, 0) is 25.3 Å². The fraction of sp³-hybridized carbons (Fsp3) is 0.700. The number of carbonyl (C=O) groups excluding carboxylic acids is 1. The molecule has 0 spiro atoms. The van der Waals surface area contributed by atoms with Gasteiger partial charge in [-0.2, -0.15) is 0 Å². The minimum atomic E-state index is 0.205. The van der Waals surface area contributed by atoms with E-state index in [1.54, 1.807) is 5.54 Å². The molecule has 1 aliphatic rings. The number of hydrogen-bond donors (Lipinski definition) is 2. The zero-order valence-corrected chi connectivity index (χ0v) is 9.23. The molecule has 0 atom stereocenters. The van der Waals surface area contributed by atoms with E-state index in [1.165, 1.54) is 0 Å². The fourth-order valence-corrected chi connectivity index (χ4v) is 1.17. The average Bonchev–Trinajstić information content (AvgIpc) is 2.99. The zero-order chi connectivity index (χ0) is 10.4. The molecule has 0 aliphatic heterocycles. The van der Waals surface area contributed by atoms with Crippen LogP contribution < -0.4 is 10.6 Å². The third-order valence-electron chi connectivity index (χ3n) is 2.14. The van der Waals surface area contributed by atoms with E-state index in [4.69, 9.17) is 11.6 Å². The number of halogens is 1. The van der Waals surface area contributed by atoms with Crippen LogP contribution in [0.3, 0.4) is 0 Å². The van der Waals surface area contributed by atoms with Crippen molar-refractivity contribution >= 4 is 17.5 Å². The number of rotatable bonds is 6. The Balaban J connectivity index is 1.91. The van der Waals surface area contributed by atoms with Gasteiger partial charge >= 0.3 is 0 Å². The molecule has 14 heavy (non-hydrogen) atoms. The van der Waals surface area contributed by atoms with E-state index in [0.717, 1.165) is 31.5 Å². The van der Waals surface area contributed by atoms with Crippen LogP contribution in [-0.4, -0.2) is 25.5 Å². The highest BCUT2D eigenvalue weighted by Gasteiger charge is 2.28. The summed E-state index contributed by atoms with van der Waals surface area (Å²) in [7, 11) is 0. The average molecular weight is 217 g/mol. The molecule has 80 valence electrons. The predicted molar refractivity (Wildman–Crippen MR) is 58.2 cm³/mol. The van der Waals surface area contributed by atoms with E-state index in [9.17, 15) is 4.79 Å². The molecule has 0 aromatic heterocycles. The molecule has 0 radical (unpaired) electrons. The summed E-state index contributed by atoms with van der Waals surface area (Å²) in [5.74, 6) is 0.510. The lowest BCUT2D eigenvalue weighted by molar-refractivity contribution is -0.122. The SMILES string of the molecule is CC(=CCl)CNCCNC(=O)C1CC1. The number of carbonyl (C=O) groups is 1. The molecule has 1 amide bonds. The van der Waals surface area contributed by atoms with Gasteiger partial charge in [0.05, 0.1) is 0 Å². The lowest BCUT2D eigenvalue weighted by atomic mass is 10.3. The molecule has 1 fully saturated rings. The van der Waals surface area contributed by atoms with E-state index in [2.05, 4.69) is 10.6 Å². The Kier molecular flexibility index (Phi) is 4.98. The highest BCUT2D eigenvalue weighted by Crippen LogP contribution is 2.28. The predicted octanol–water partition coefficient (Wildman–Crippen LogP) is 1.24. The summed E-state index contributed by atoms with van der Waals surface area (Å²) in [6.45, 7) is 4.23. The summed E-state index contributed by atoms with van der Waals surface area (Å²) < 4.78 is 0. The van der Waals surface area contributed by atoms with Crippen LogP contribution in [-0.2, 0) is 4.79 Å². The Morgan fingerprint density at radius 3 is 2.79 bits per heavy atom. The fourth-order valence-electron chi connectivity index (χ4n) is 1.09. The van der Waals surface area contributed by atoms with Crippen LogP contribution in [0.5, 0.6) is 0 Å². The summed E-state index contributed by atoms with van der Waals surface area (Å²) in [5.41, 5.74) is 2.66. The molecule has 0 aromatic rings. The third kappa shape index (κ3) is 4.63. The van der Waals surface area contributed by atoms with E-state index in [-0.39, 0.29) is 5.91 Å². The van der Waals surface area contributed by atoms with Gasteiger partial charge in [0, 0.05) is 31.1 Å². The topological polar surface area (TPSA) is 41.1 Å². The standard InChI is InChI=1S/C10H17ClN2O/c1-8(6-11)7-12-4-5-13-10(14)9-2-3-9/h6,9,12H,2-5,7H2,1H3,(H,13,14). The first-order chi connectivity index (χ1) is 6.74. The summed E-state index contributed by atoms with van der Waals surface area (Å²) in [6, 6.07) is 0. The molecule has 1 rings (SSSR count). The van der Waals surface area contributed by atoms with Crippen molar-refractivity contribution in [2.75, 3.05) is 19.6 Å². The number of hydrogen-bond acceptors (Lipinski definition) is 2. The minimum Gasteiger partial charge on any atom is -0.355 e. The second-order valence-corrected chi connectivity index (χ2v) is 3.92. The first-order valence-electron chi connectivity index (χ1n) is 4.98. The lowest BCUT2D eigenvalue weighted by Gasteiger charge is -2.05. The van der Waals surface area contributed by atoms with Crippen LogP contribution in [0.2, 0.25) is 0 Å². The first-order valence-corrected chi connectivity index (χ1v) is 5.42. The third-order valence-corrected chi connectivity index (χ3v) is 2.51. The van der Waals surface area contributed by atoms with Crippen molar-refractivity contribution in [1.29, 1.82) is 0 Å². The van der Waals surface area contributed by atoms with Crippen molar-refractivity contribution in [2.24, 2.45) is 5.92 Å². The Morgan fingerprint density at radius 1 is 1.50 bits per heavy atom. The maximum absolute atomic E-state index is 11.2. The van der Waals surface area contributed by atoms with Crippen LogP contribution in [0.4, 0.5) is 0 Å². The van der Waals surface area contributed by atoms with Gasteiger partial charge in [0.15, 0.2) is 0 Å². The Bertz CT molecular complexity index is 224. The van der Waals surface area contributed by atoms with E-state index < -0.39 is 0 Å². The highest BCUT2D eigenvalue weighted by molar-refractivity contribution is 6.25. The molecular weight excluding hydrogens is 200 g/mol. The Morgan fingerprint density at radius 2 is 2.21 bits per heavy atom. The normalized spacial score (nSPS) is 16.9. The molecule has 1 aliphatic carbocycles. The van der Waals surface area contributed by atoms with Gasteiger partial charge in [0.2, 0.25) is 5.91 Å². The molecular formula is C10H17ClN2O. The Hall–Kier alpha value is -0.540. The van der Waals surface area contributed by atoms with Crippen LogP contribution in [0.25, 0.3) is 0 Å². The lowest BCUT2D eigenvalue weighted by Crippen LogP contribution is -2.33. The van der Waals surface area contributed by atoms with Crippen molar-refractivity contribution in [2.45, 2.75) is 19.8 Å². The molecule has 0 aromatic carbocycles. The second kappa shape index (κ2) is 6.04. The zero-order valence-electron chi connectivity index (χ0n) is 8.48. The van der Waals surface area contributed by atoms with E-state index in [1.807, 2.05) is 6.92 Å².